The van der Waals surface area contributed by atoms with Crippen LogP contribution in [0.4, 0.5) is 0 Å². The van der Waals surface area contributed by atoms with Crippen LogP contribution in [0.25, 0.3) is 5.78 Å². The molecule has 5 nitrogen and oxygen atoms in total. The lowest BCUT2D eigenvalue weighted by Crippen LogP contribution is -2.10. The molecule has 0 aliphatic heterocycles. The van der Waals surface area contributed by atoms with Crippen molar-refractivity contribution in [1.29, 1.82) is 0 Å². The summed E-state index contributed by atoms with van der Waals surface area (Å²) >= 11 is 0. The molecule has 1 N–H and O–H groups in total. The first-order valence-corrected chi connectivity index (χ1v) is 4.11. The number of rotatable bonds is 1. The highest BCUT2D eigenvalue weighted by atomic mass is 16.1. The van der Waals surface area contributed by atoms with Crippen LogP contribution in [0.2, 0.25) is 0 Å². The van der Waals surface area contributed by atoms with E-state index in [1.807, 2.05) is 13.8 Å². The number of hydrogen-bond donors (Lipinski definition) is 1. The highest BCUT2D eigenvalue weighted by Crippen LogP contribution is 2.11. The highest BCUT2D eigenvalue weighted by molar-refractivity contribution is 5.27. The molecule has 0 saturated heterocycles. The van der Waals surface area contributed by atoms with E-state index < -0.39 is 0 Å². The number of aromatic amines is 1. The van der Waals surface area contributed by atoms with E-state index in [0.717, 1.165) is 5.56 Å². The van der Waals surface area contributed by atoms with Crippen molar-refractivity contribution in [3.8, 4) is 0 Å². The fourth-order valence-corrected chi connectivity index (χ4v) is 1.12. The van der Waals surface area contributed by atoms with Crippen LogP contribution in [0, 0.1) is 0 Å². The number of hydrogen-bond acceptors (Lipinski definition) is 3. The van der Waals surface area contributed by atoms with Gasteiger partial charge in [0.1, 0.15) is 0 Å². The minimum Gasteiger partial charge on any atom is -0.246 e. The van der Waals surface area contributed by atoms with Crippen molar-refractivity contribution in [3.05, 3.63) is 28.4 Å². The van der Waals surface area contributed by atoms with Crippen molar-refractivity contribution >= 4 is 5.78 Å². The van der Waals surface area contributed by atoms with Crippen LogP contribution in [0.15, 0.2) is 17.2 Å². The van der Waals surface area contributed by atoms with Crippen LogP contribution in [0.1, 0.15) is 25.3 Å². The topological polar surface area (TPSA) is 63.0 Å². The minimum atomic E-state index is -0.245. The fraction of sp³-hybridized carbons (Fsp3) is 0.375. The third-order valence-electron chi connectivity index (χ3n) is 1.96. The SMILES string of the molecule is CC(C)c1cnc2n[nH]c(=O)n2c1. The Kier molecular flexibility index (Phi) is 1.65. The molecule has 68 valence electrons. The zero-order valence-corrected chi connectivity index (χ0v) is 7.48. The van der Waals surface area contributed by atoms with Crippen LogP contribution < -0.4 is 5.69 Å². The van der Waals surface area contributed by atoms with Crippen molar-refractivity contribution in [2.45, 2.75) is 19.8 Å². The second-order valence-corrected chi connectivity index (χ2v) is 3.24. The lowest BCUT2D eigenvalue weighted by atomic mass is 10.1. The van der Waals surface area contributed by atoms with E-state index in [2.05, 4.69) is 15.2 Å². The van der Waals surface area contributed by atoms with Gasteiger partial charge in [-0.15, -0.1) is 5.10 Å². The van der Waals surface area contributed by atoms with Gasteiger partial charge in [0, 0.05) is 12.4 Å². The normalized spacial score (nSPS) is 11.3. The van der Waals surface area contributed by atoms with E-state index in [0.29, 0.717) is 11.7 Å². The van der Waals surface area contributed by atoms with Gasteiger partial charge in [0.25, 0.3) is 5.78 Å². The van der Waals surface area contributed by atoms with E-state index >= 15 is 0 Å². The van der Waals surface area contributed by atoms with Gasteiger partial charge in [-0.25, -0.2) is 19.3 Å². The molecule has 0 bridgehead atoms. The van der Waals surface area contributed by atoms with Gasteiger partial charge in [-0.3, -0.25) is 0 Å². The van der Waals surface area contributed by atoms with E-state index in [1.54, 1.807) is 12.4 Å². The van der Waals surface area contributed by atoms with Gasteiger partial charge in [0.2, 0.25) is 0 Å². The Morgan fingerprint density at radius 1 is 1.54 bits per heavy atom. The van der Waals surface area contributed by atoms with E-state index in [-0.39, 0.29) is 5.69 Å². The Bertz CT molecular complexity index is 482. The van der Waals surface area contributed by atoms with Crippen LogP contribution in [0.3, 0.4) is 0 Å². The first-order chi connectivity index (χ1) is 6.18. The molecule has 0 spiro atoms. The predicted molar refractivity (Wildman–Crippen MR) is 47.7 cm³/mol. The Morgan fingerprint density at radius 3 is 3.00 bits per heavy atom. The van der Waals surface area contributed by atoms with Gasteiger partial charge >= 0.3 is 5.69 Å². The maximum Gasteiger partial charge on any atom is 0.348 e. The average Bonchev–Trinajstić information content (AvgIpc) is 2.47. The van der Waals surface area contributed by atoms with Gasteiger partial charge in [-0.05, 0) is 11.5 Å². The molecule has 0 radical (unpaired) electrons. The van der Waals surface area contributed by atoms with E-state index in [9.17, 15) is 4.79 Å². The summed E-state index contributed by atoms with van der Waals surface area (Å²) in [6, 6.07) is 0. The number of fused-ring (bicyclic) bond motifs is 1. The summed E-state index contributed by atoms with van der Waals surface area (Å²) in [4.78, 5) is 15.2. The van der Waals surface area contributed by atoms with Crippen molar-refractivity contribution in [2.75, 3.05) is 0 Å². The number of nitrogens with zero attached hydrogens (tertiary/aromatic N) is 3. The van der Waals surface area contributed by atoms with Gasteiger partial charge in [0.05, 0.1) is 0 Å². The van der Waals surface area contributed by atoms with Crippen LogP contribution >= 0.6 is 0 Å². The fourth-order valence-electron chi connectivity index (χ4n) is 1.12. The second kappa shape index (κ2) is 2.69. The molecule has 0 aliphatic rings. The Hall–Kier alpha value is -1.65. The van der Waals surface area contributed by atoms with Crippen molar-refractivity contribution in [2.24, 2.45) is 0 Å². The number of aromatic nitrogens is 4. The molecule has 0 aromatic carbocycles. The lowest BCUT2D eigenvalue weighted by molar-refractivity contribution is 0.838. The molecule has 13 heavy (non-hydrogen) atoms. The molecular weight excluding hydrogens is 168 g/mol. The third kappa shape index (κ3) is 1.22. The molecule has 2 heterocycles. The summed E-state index contributed by atoms with van der Waals surface area (Å²) < 4.78 is 1.41. The zero-order chi connectivity index (χ0) is 9.42. The Morgan fingerprint density at radius 2 is 2.31 bits per heavy atom. The summed E-state index contributed by atoms with van der Waals surface area (Å²) in [5.41, 5.74) is 0.779. The Balaban J connectivity index is 2.73. The van der Waals surface area contributed by atoms with Gasteiger partial charge in [-0.2, -0.15) is 0 Å². The first-order valence-electron chi connectivity index (χ1n) is 4.11. The van der Waals surface area contributed by atoms with Crippen LogP contribution in [-0.4, -0.2) is 19.6 Å². The molecule has 0 atom stereocenters. The van der Waals surface area contributed by atoms with Crippen molar-refractivity contribution in [3.63, 3.8) is 0 Å². The molecule has 0 saturated carbocycles. The maximum atomic E-state index is 11.2. The summed E-state index contributed by atoms with van der Waals surface area (Å²) in [6.45, 7) is 4.10. The second-order valence-electron chi connectivity index (χ2n) is 3.24. The molecule has 2 rings (SSSR count). The maximum absolute atomic E-state index is 11.2. The van der Waals surface area contributed by atoms with Crippen LogP contribution in [-0.2, 0) is 0 Å². The first kappa shape index (κ1) is 7.97. The zero-order valence-electron chi connectivity index (χ0n) is 7.48. The van der Waals surface area contributed by atoms with Crippen molar-refractivity contribution in [1.82, 2.24) is 19.6 Å². The predicted octanol–water partition coefficient (Wildman–Crippen LogP) is 0.541. The quantitative estimate of drug-likeness (QED) is 0.693. The summed E-state index contributed by atoms with van der Waals surface area (Å²) in [7, 11) is 0. The highest BCUT2D eigenvalue weighted by Gasteiger charge is 2.04. The number of H-pyrrole nitrogens is 1. The summed E-state index contributed by atoms with van der Waals surface area (Å²) in [6.07, 6.45) is 3.50. The monoisotopic (exact) mass is 178 g/mol. The minimum absolute atomic E-state index is 0.245. The third-order valence-corrected chi connectivity index (χ3v) is 1.96. The molecular formula is C8H10N4O. The summed E-state index contributed by atoms with van der Waals surface area (Å²) in [5, 5.41) is 6.07. The Labute approximate surface area is 74.4 Å². The molecule has 5 heteroatoms. The van der Waals surface area contributed by atoms with Gasteiger partial charge < -0.3 is 0 Å². The molecule has 2 aromatic rings. The molecule has 0 aliphatic carbocycles. The van der Waals surface area contributed by atoms with Crippen LogP contribution in [0.5, 0.6) is 0 Å². The smallest absolute Gasteiger partial charge is 0.246 e. The summed E-state index contributed by atoms with van der Waals surface area (Å²) in [5.74, 6) is 0.771. The van der Waals surface area contributed by atoms with E-state index in [1.165, 1.54) is 4.40 Å². The standard InChI is InChI=1S/C8H10N4O/c1-5(2)6-3-9-7-10-11-8(13)12(7)4-6/h3-5H,1-2H3,(H,11,13). The van der Waals surface area contributed by atoms with Gasteiger partial charge in [-0.1, -0.05) is 13.8 Å². The lowest BCUT2D eigenvalue weighted by Gasteiger charge is -2.02. The molecule has 0 fully saturated rings. The molecule has 0 unspecified atom stereocenters. The van der Waals surface area contributed by atoms with Gasteiger partial charge in [0.15, 0.2) is 0 Å². The molecule has 2 aromatic heterocycles. The molecule has 0 amide bonds. The number of nitrogens with one attached hydrogen (secondary N) is 1. The largest absolute Gasteiger partial charge is 0.348 e. The van der Waals surface area contributed by atoms with E-state index in [4.69, 9.17) is 0 Å². The van der Waals surface area contributed by atoms with Crippen molar-refractivity contribution < 1.29 is 0 Å². The average molecular weight is 178 g/mol.